The number of methoxy groups -OCH3 is 2. The van der Waals surface area contributed by atoms with Crippen LogP contribution in [0, 0.1) is 0 Å². The van der Waals surface area contributed by atoms with Crippen molar-refractivity contribution in [2.75, 3.05) is 33.9 Å². The van der Waals surface area contributed by atoms with E-state index in [1.807, 2.05) is 0 Å². The first-order valence-corrected chi connectivity index (χ1v) is 13.3. The van der Waals surface area contributed by atoms with Gasteiger partial charge in [0.15, 0.2) is 6.61 Å². The van der Waals surface area contributed by atoms with Crippen molar-refractivity contribution in [1.82, 2.24) is 24.9 Å². The number of imidazole rings is 1. The van der Waals surface area contributed by atoms with E-state index in [1.165, 1.54) is 20.3 Å². The molecule has 0 saturated carbocycles. The lowest BCUT2D eigenvalue weighted by Crippen LogP contribution is -2.45. The van der Waals surface area contributed by atoms with Crippen molar-refractivity contribution < 1.29 is 33.3 Å². The van der Waals surface area contributed by atoms with Gasteiger partial charge >= 0.3 is 0 Å². The number of pyridine rings is 1. The van der Waals surface area contributed by atoms with Crippen LogP contribution in [0.1, 0.15) is 26.3 Å². The first kappa shape index (κ1) is 26.9. The number of likely N-dealkylation sites (tertiary alicyclic amines) is 1. The quantitative estimate of drug-likeness (QED) is 0.382. The number of hydrogen-bond donors (Lipinski definition) is 2. The minimum Gasteiger partial charge on any atom is -0.497 e. The Hall–Kier alpha value is -5.26. The van der Waals surface area contributed by atoms with E-state index >= 15 is 0 Å². The van der Waals surface area contributed by atoms with Crippen LogP contribution in [-0.2, 0) is 11.3 Å². The third kappa shape index (κ3) is 5.51. The van der Waals surface area contributed by atoms with E-state index in [1.54, 1.807) is 70.4 Å². The van der Waals surface area contributed by atoms with E-state index < -0.39 is 18.1 Å². The number of carbonyl (C=O) groups excluding carboxylic acids is 3. The van der Waals surface area contributed by atoms with Crippen molar-refractivity contribution in [3.8, 4) is 23.0 Å². The maximum Gasteiger partial charge on any atom is 0.258 e. The van der Waals surface area contributed by atoms with Gasteiger partial charge < -0.3 is 38.9 Å². The van der Waals surface area contributed by atoms with Crippen LogP contribution in [0.25, 0.3) is 5.65 Å². The summed E-state index contributed by atoms with van der Waals surface area (Å²) in [5.74, 6) is 0.760. The number of aromatic nitrogens is 2. The van der Waals surface area contributed by atoms with E-state index in [0.29, 0.717) is 28.6 Å². The van der Waals surface area contributed by atoms with Crippen LogP contribution in [0.4, 0.5) is 0 Å². The Balaban J connectivity index is 1.33. The molecule has 3 aliphatic rings. The average molecular weight is 572 g/mol. The lowest BCUT2D eigenvalue weighted by atomic mass is 10.1. The van der Waals surface area contributed by atoms with E-state index in [9.17, 15) is 14.4 Å². The van der Waals surface area contributed by atoms with Gasteiger partial charge in [0.25, 0.3) is 17.7 Å². The summed E-state index contributed by atoms with van der Waals surface area (Å²) in [4.78, 5) is 45.4. The highest BCUT2D eigenvalue weighted by molar-refractivity contribution is 5.96. The molecule has 4 aromatic rings. The Kier molecular flexibility index (Phi) is 7.26. The summed E-state index contributed by atoms with van der Waals surface area (Å²) >= 11 is 0. The summed E-state index contributed by atoms with van der Waals surface area (Å²) in [5.41, 5.74) is 2.24. The smallest absolute Gasteiger partial charge is 0.258 e. The number of ether oxygens (including phenoxy) is 4. The molecule has 7 rings (SSSR count). The molecule has 4 bridgehead atoms. The number of hydrogen-bond acceptors (Lipinski definition) is 8. The van der Waals surface area contributed by atoms with Gasteiger partial charge in [0.05, 0.1) is 32.4 Å². The molecule has 2 atom stereocenters. The number of benzene rings is 2. The van der Waals surface area contributed by atoms with Gasteiger partial charge in [-0.15, -0.1) is 0 Å². The molecule has 42 heavy (non-hydrogen) atoms. The second-order valence-corrected chi connectivity index (χ2v) is 9.99. The minimum atomic E-state index is -0.567. The van der Waals surface area contributed by atoms with Crippen molar-refractivity contribution >= 4 is 23.4 Å². The highest BCUT2D eigenvalue weighted by Crippen LogP contribution is 2.29. The summed E-state index contributed by atoms with van der Waals surface area (Å²) in [5, 5.41) is 5.84. The van der Waals surface area contributed by atoms with Crippen molar-refractivity contribution in [3.05, 3.63) is 83.8 Å². The van der Waals surface area contributed by atoms with E-state index in [4.69, 9.17) is 18.9 Å². The van der Waals surface area contributed by atoms with Crippen LogP contribution in [-0.4, -0.2) is 78.1 Å². The maximum atomic E-state index is 13.6. The molecular formula is C30H29N5O7. The highest BCUT2D eigenvalue weighted by Gasteiger charge is 2.38. The van der Waals surface area contributed by atoms with Gasteiger partial charge in [-0.3, -0.25) is 14.4 Å². The minimum absolute atomic E-state index is 0.196. The zero-order chi connectivity index (χ0) is 29.2. The maximum absolute atomic E-state index is 13.6. The summed E-state index contributed by atoms with van der Waals surface area (Å²) in [6, 6.07) is 13.0. The van der Waals surface area contributed by atoms with Crippen LogP contribution in [0.3, 0.4) is 0 Å². The lowest BCUT2D eigenvalue weighted by molar-refractivity contribution is -0.123. The second kappa shape index (κ2) is 11.3. The molecule has 12 nitrogen and oxygen atoms in total. The van der Waals surface area contributed by atoms with Crippen molar-refractivity contribution in [1.29, 1.82) is 0 Å². The van der Waals surface area contributed by atoms with Crippen LogP contribution in [0.2, 0.25) is 0 Å². The molecule has 1 fully saturated rings. The van der Waals surface area contributed by atoms with Crippen LogP contribution < -0.4 is 29.6 Å². The lowest BCUT2D eigenvalue weighted by Gasteiger charge is -2.22. The largest absolute Gasteiger partial charge is 0.497 e. The average Bonchev–Trinajstić information content (AvgIpc) is 3.64. The Labute approximate surface area is 241 Å². The van der Waals surface area contributed by atoms with E-state index in [2.05, 4.69) is 15.6 Å². The molecule has 3 amide bonds. The third-order valence-electron chi connectivity index (χ3n) is 7.28. The molecule has 2 N–H and O–H groups in total. The molecule has 12 heteroatoms. The molecule has 0 aliphatic carbocycles. The zero-order valence-electron chi connectivity index (χ0n) is 23.0. The number of fused-ring (bicyclic) bond motifs is 8. The Morgan fingerprint density at radius 2 is 1.90 bits per heavy atom. The van der Waals surface area contributed by atoms with Crippen molar-refractivity contribution in [2.24, 2.45) is 0 Å². The molecular weight excluding hydrogens is 542 g/mol. The first-order valence-electron chi connectivity index (χ1n) is 13.3. The SMILES string of the molecule is COc1cc2cc(c1)C(=O)N[C@H]1CN(C(=O)c3ccc4nccn4c3)C[C@@H]1Oc1ccc(c(OC)c1)CNC(=O)CO2. The fraction of sp³-hybridized carbons (Fsp3) is 0.267. The van der Waals surface area contributed by atoms with Gasteiger partial charge in [0.1, 0.15) is 34.7 Å². The van der Waals surface area contributed by atoms with Gasteiger partial charge in [-0.25, -0.2) is 4.98 Å². The molecule has 1 saturated heterocycles. The molecule has 3 aliphatic heterocycles. The Morgan fingerprint density at radius 1 is 1.02 bits per heavy atom. The number of carbonyl (C=O) groups is 3. The Morgan fingerprint density at radius 3 is 2.74 bits per heavy atom. The number of nitrogens with one attached hydrogen (secondary N) is 2. The van der Waals surface area contributed by atoms with Gasteiger partial charge in [0.2, 0.25) is 0 Å². The van der Waals surface area contributed by atoms with Crippen LogP contribution >= 0.6 is 0 Å². The van der Waals surface area contributed by atoms with Gasteiger partial charge in [-0.2, -0.15) is 0 Å². The summed E-state index contributed by atoms with van der Waals surface area (Å²) in [6.45, 7) is 0.408. The van der Waals surface area contributed by atoms with Gasteiger partial charge in [-0.1, -0.05) is 0 Å². The normalized spacial score (nSPS) is 18.8. The van der Waals surface area contributed by atoms with Crippen LogP contribution in [0.15, 0.2) is 67.1 Å². The summed E-state index contributed by atoms with van der Waals surface area (Å²) in [6.07, 6.45) is 4.61. The molecule has 216 valence electrons. The fourth-order valence-electron chi connectivity index (χ4n) is 5.10. The predicted octanol–water partition coefficient (Wildman–Crippen LogP) is 2.06. The second-order valence-electron chi connectivity index (χ2n) is 9.99. The Bertz CT molecular complexity index is 1670. The molecule has 5 heterocycles. The molecule has 0 spiro atoms. The van der Waals surface area contributed by atoms with Gasteiger partial charge in [0, 0.05) is 54.9 Å². The predicted molar refractivity (Wildman–Crippen MR) is 150 cm³/mol. The summed E-state index contributed by atoms with van der Waals surface area (Å²) < 4.78 is 24.7. The first-order chi connectivity index (χ1) is 20.4. The topological polar surface area (TPSA) is 133 Å². The standard InChI is InChI=1S/C30H29N5O7/c1-39-22-9-20-10-23(11-22)41-17-28(36)32-13-18-3-5-21(12-25(18)40-2)42-26-16-35(15-24(26)33-29(20)37)30(38)19-4-6-27-31-7-8-34(27)14-19/h3-12,14,24,26H,13,15-17H2,1-2H3,(H,32,36)(H,33,37)/t24-,26-/m0/s1. The van der Waals surface area contributed by atoms with E-state index in [0.717, 1.165) is 11.2 Å². The number of nitrogens with zero attached hydrogens (tertiary/aromatic N) is 3. The van der Waals surface area contributed by atoms with Crippen molar-refractivity contribution in [3.63, 3.8) is 0 Å². The van der Waals surface area contributed by atoms with Gasteiger partial charge in [-0.05, 0) is 36.4 Å². The summed E-state index contributed by atoms with van der Waals surface area (Å²) in [7, 11) is 3.01. The van der Waals surface area contributed by atoms with Crippen molar-refractivity contribution in [2.45, 2.75) is 18.7 Å². The van der Waals surface area contributed by atoms with Crippen LogP contribution in [0.5, 0.6) is 23.0 Å². The number of rotatable bonds is 3. The monoisotopic (exact) mass is 571 g/mol. The third-order valence-corrected chi connectivity index (χ3v) is 7.28. The molecule has 2 aromatic carbocycles. The highest BCUT2D eigenvalue weighted by atomic mass is 16.5. The molecule has 0 unspecified atom stereocenters. The zero-order valence-corrected chi connectivity index (χ0v) is 23.0. The van der Waals surface area contributed by atoms with E-state index in [-0.39, 0.29) is 43.6 Å². The molecule has 2 aromatic heterocycles. The molecule has 0 radical (unpaired) electrons. The number of amides is 3. The fourth-order valence-corrected chi connectivity index (χ4v) is 5.10.